The fourth-order valence-corrected chi connectivity index (χ4v) is 1.78. The van der Waals surface area contributed by atoms with E-state index in [1.54, 1.807) is 6.92 Å². The number of carbonyl (C=O) groups is 1. The van der Waals surface area contributed by atoms with Gasteiger partial charge in [0.25, 0.3) is 0 Å². The van der Waals surface area contributed by atoms with Crippen LogP contribution in [0.1, 0.15) is 26.3 Å². The first kappa shape index (κ1) is 17.5. The molecule has 2 unspecified atom stereocenters. The van der Waals surface area contributed by atoms with Crippen molar-refractivity contribution in [3.8, 4) is 5.75 Å². The Morgan fingerprint density at radius 3 is 2.57 bits per heavy atom. The molecule has 0 spiro atoms. The van der Waals surface area contributed by atoms with Gasteiger partial charge in [-0.3, -0.25) is 4.79 Å². The minimum Gasteiger partial charge on any atom is -0.491 e. The first-order valence-corrected chi connectivity index (χ1v) is 7.30. The molecule has 3 N–H and O–H groups in total. The fourth-order valence-electron chi connectivity index (χ4n) is 1.78. The van der Waals surface area contributed by atoms with Gasteiger partial charge in [0.05, 0.1) is 6.04 Å². The number of aryl methyl sites for hydroxylation is 1. The van der Waals surface area contributed by atoms with Crippen LogP contribution in [0.5, 0.6) is 5.75 Å². The highest BCUT2D eigenvalue weighted by molar-refractivity contribution is 5.81. The molecular formula is C16H26N2O3. The highest BCUT2D eigenvalue weighted by atomic mass is 16.5. The smallest absolute Gasteiger partial charge is 0.237 e. The molecule has 1 aromatic carbocycles. The van der Waals surface area contributed by atoms with Gasteiger partial charge in [0, 0.05) is 12.6 Å². The number of aliphatic hydroxyl groups excluding tert-OH is 1. The second-order valence-electron chi connectivity index (χ2n) is 5.52. The van der Waals surface area contributed by atoms with Crippen LogP contribution in [0.25, 0.3) is 0 Å². The van der Waals surface area contributed by atoms with Crippen LogP contribution in [0.3, 0.4) is 0 Å². The Morgan fingerprint density at radius 1 is 1.29 bits per heavy atom. The third kappa shape index (κ3) is 6.60. The van der Waals surface area contributed by atoms with Crippen LogP contribution in [-0.4, -0.2) is 42.4 Å². The highest BCUT2D eigenvalue weighted by Gasteiger charge is 2.15. The number of hydrogen-bond acceptors (Lipinski definition) is 4. The van der Waals surface area contributed by atoms with E-state index in [4.69, 9.17) is 4.74 Å². The van der Waals surface area contributed by atoms with Gasteiger partial charge >= 0.3 is 0 Å². The Morgan fingerprint density at radius 2 is 1.95 bits per heavy atom. The van der Waals surface area contributed by atoms with Crippen LogP contribution in [0.2, 0.25) is 0 Å². The lowest BCUT2D eigenvalue weighted by Crippen LogP contribution is -2.47. The van der Waals surface area contributed by atoms with Crippen LogP contribution in [-0.2, 0) is 4.79 Å². The molecule has 0 fully saturated rings. The van der Waals surface area contributed by atoms with Gasteiger partial charge in [-0.2, -0.15) is 0 Å². The van der Waals surface area contributed by atoms with Gasteiger partial charge in [0.1, 0.15) is 18.5 Å². The zero-order valence-corrected chi connectivity index (χ0v) is 13.2. The molecule has 21 heavy (non-hydrogen) atoms. The van der Waals surface area contributed by atoms with Crippen molar-refractivity contribution in [3.63, 3.8) is 0 Å². The first-order chi connectivity index (χ1) is 9.90. The van der Waals surface area contributed by atoms with Crippen LogP contribution in [0, 0.1) is 6.92 Å². The maximum atomic E-state index is 11.7. The van der Waals surface area contributed by atoms with Gasteiger partial charge in [-0.05, 0) is 39.3 Å². The highest BCUT2D eigenvalue weighted by Crippen LogP contribution is 2.16. The van der Waals surface area contributed by atoms with Crippen molar-refractivity contribution in [1.82, 2.24) is 10.6 Å². The largest absolute Gasteiger partial charge is 0.491 e. The lowest BCUT2D eigenvalue weighted by atomic mass is 10.2. The maximum Gasteiger partial charge on any atom is 0.237 e. The van der Waals surface area contributed by atoms with E-state index in [1.807, 2.05) is 45.0 Å². The second-order valence-corrected chi connectivity index (χ2v) is 5.52. The van der Waals surface area contributed by atoms with E-state index in [0.717, 1.165) is 11.3 Å². The summed E-state index contributed by atoms with van der Waals surface area (Å²) in [6.45, 7) is 8.05. The van der Waals surface area contributed by atoms with Crippen LogP contribution in [0.15, 0.2) is 24.3 Å². The molecule has 1 amide bonds. The third-order valence-corrected chi connectivity index (χ3v) is 3.01. The molecule has 1 aromatic rings. The number of aliphatic hydroxyl groups is 1. The molecule has 0 aliphatic heterocycles. The quantitative estimate of drug-likeness (QED) is 0.674. The van der Waals surface area contributed by atoms with Gasteiger partial charge in [-0.1, -0.05) is 18.2 Å². The van der Waals surface area contributed by atoms with E-state index in [9.17, 15) is 9.90 Å². The minimum atomic E-state index is -0.668. The molecular weight excluding hydrogens is 268 g/mol. The third-order valence-electron chi connectivity index (χ3n) is 3.01. The Balaban J connectivity index is 2.29. The molecule has 5 heteroatoms. The summed E-state index contributed by atoms with van der Waals surface area (Å²) < 4.78 is 5.57. The normalized spacial score (nSPS) is 13.8. The fraction of sp³-hybridized carbons (Fsp3) is 0.562. The van der Waals surface area contributed by atoms with Crippen molar-refractivity contribution < 1.29 is 14.6 Å². The van der Waals surface area contributed by atoms with Crippen molar-refractivity contribution in [3.05, 3.63) is 29.8 Å². The van der Waals surface area contributed by atoms with E-state index >= 15 is 0 Å². The van der Waals surface area contributed by atoms with Gasteiger partial charge in [0.2, 0.25) is 5.91 Å². The molecule has 0 heterocycles. The van der Waals surface area contributed by atoms with Gasteiger partial charge < -0.3 is 20.5 Å². The van der Waals surface area contributed by atoms with E-state index in [1.165, 1.54) is 0 Å². The summed E-state index contributed by atoms with van der Waals surface area (Å²) in [5, 5.41) is 15.7. The summed E-state index contributed by atoms with van der Waals surface area (Å²) in [5.74, 6) is 0.694. The molecule has 0 aliphatic carbocycles. The monoisotopic (exact) mass is 294 g/mol. The zero-order chi connectivity index (χ0) is 15.8. The topological polar surface area (TPSA) is 70.6 Å². The number of para-hydroxylation sites is 1. The van der Waals surface area contributed by atoms with E-state index in [0.29, 0.717) is 6.54 Å². The molecule has 0 aromatic heterocycles. The van der Waals surface area contributed by atoms with Gasteiger partial charge in [-0.15, -0.1) is 0 Å². The lowest BCUT2D eigenvalue weighted by Gasteiger charge is -2.19. The lowest BCUT2D eigenvalue weighted by molar-refractivity contribution is -0.123. The SMILES string of the molecule is Cc1ccccc1OCC(O)CNC(C)C(=O)NC(C)C. The predicted octanol–water partition coefficient (Wildman–Crippen LogP) is 1.24. The summed E-state index contributed by atoms with van der Waals surface area (Å²) in [5.41, 5.74) is 1.03. The minimum absolute atomic E-state index is 0.0722. The molecule has 0 bridgehead atoms. The van der Waals surface area contributed by atoms with Gasteiger partial charge in [0.15, 0.2) is 0 Å². The van der Waals surface area contributed by atoms with Crippen molar-refractivity contribution >= 4 is 5.91 Å². The van der Waals surface area contributed by atoms with Crippen LogP contribution < -0.4 is 15.4 Å². The standard InChI is InChI=1S/C16H26N2O3/c1-11(2)18-16(20)13(4)17-9-14(19)10-21-15-8-6-5-7-12(15)3/h5-8,11,13-14,17,19H,9-10H2,1-4H3,(H,18,20). The number of amides is 1. The van der Waals surface area contributed by atoms with Gasteiger partial charge in [-0.25, -0.2) is 0 Å². The molecule has 0 saturated carbocycles. The van der Waals surface area contributed by atoms with Crippen molar-refractivity contribution in [1.29, 1.82) is 0 Å². The number of nitrogens with one attached hydrogen (secondary N) is 2. The van der Waals surface area contributed by atoms with E-state index < -0.39 is 6.10 Å². The Bertz CT molecular complexity index is 449. The van der Waals surface area contributed by atoms with E-state index in [2.05, 4.69) is 10.6 Å². The molecule has 0 saturated heterocycles. The number of ether oxygens (including phenoxy) is 1. The Hall–Kier alpha value is -1.59. The Labute approximate surface area is 126 Å². The first-order valence-electron chi connectivity index (χ1n) is 7.30. The van der Waals surface area contributed by atoms with Crippen molar-refractivity contribution in [2.45, 2.75) is 45.9 Å². The number of hydrogen-bond donors (Lipinski definition) is 3. The summed E-state index contributed by atoms with van der Waals surface area (Å²) >= 11 is 0. The molecule has 2 atom stereocenters. The Kier molecular flexibility index (Phi) is 7.19. The summed E-state index contributed by atoms with van der Waals surface area (Å²) in [6, 6.07) is 7.42. The number of rotatable bonds is 8. The average Bonchev–Trinajstić information content (AvgIpc) is 2.43. The molecule has 0 radical (unpaired) electrons. The zero-order valence-electron chi connectivity index (χ0n) is 13.2. The molecule has 1 rings (SSSR count). The van der Waals surface area contributed by atoms with Crippen molar-refractivity contribution in [2.24, 2.45) is 0 Å². The molecule has 118 valence electrons. The molecule has 0 aliphatic rings. The number of carbonyl (C=O) groups excluding carboxylic acids is 1. The van der Waals surface area contributed by atoms with Crippen LogP contribution >= 0.6 is 0 Å². The summed E-state index contributed by atoms with van der Waals surface area (Å²) in [6.07, 6.45) is -0.668. The van der Waals surface area contributed by atoms with E-state index in [-0.39, 0.29) is 24.6 Å². The predicted molar refractivity (Wildman–Crippen MR) is 83.4 cm³/mol. The maximum absolute atomic E-state index is 11.7. The number of benzene rings is 1. The second kappa shape index (κ2) is 8.64. The summed E-state index contributed by atoms with van der Waals surface area (Å²) in [7, 11) is 0. The summed E-state index contributed by atoms with van der Waals surface area (Å²) in [4.78, 5) is 11.7. The van der Waals surface area contributed by atoms with Crippen LogP contribution in [0.4, 0.5) is 0 Å². The molecule has 5 nitrogen and oxygen atoms in total. The van der Waals surface area contributed by atoms with Crippen molar-refractivity contribution in [2.75, 3.05) is 13.2 Å². The average molecular weight is 294 g/mol.